The first-order chi connectivity index (χ1) is 15.5. The van der Waals surface area contributed by atoms with Gasteiger partial charge in [0.1, 0.15) is 28.7 Å². The number of benzene rings is 2. The smallest absolute Gasteiger partial charge is 0.278 e. The SMILES string of the molecule is COc1ccc(C2=C(Nc3cc(OC)cc(OC)c3)C(=O)N(Cc3ccco3)C2=O)cc1. The molecular formula is C24H22N2O6. The average molecular weight is 434 g/mol. The van der Waals surface area contributed by atoms with Gasteiger partial charge in [-0.1, -0.05) is 12.1 Å². The molecule has 0 spiro atoms. The van der Waals surface area contributed by atoms with Crippen molar-refractivity contribution in [3.05, 3.63) is 77.9 Å². The first kappa shape index (κ1) is 21.0. The highest BCUT2D eigenvalue weighted by Gasteiger charge is 2.39. The van der Waals surface area contributed by atoms with Crippen LogP contribution in [0.1, 0.15) is 11.3 Å². The van der Waals surface area contributed by atoms with E-state index in [1.54, 1.807) is 61.7 Å². The van der Waals surface area contributed by atoms with Crippen molar-refractivity contribution in [1.29, 1.82) is 0 Å². The van der Waals surface area contributed by atoms with Crippen molar-refractivity contribution < 1.29 is 28.2 Å². The Morgan fingerprint density at radius 3 is 2.06 bits per heavy atom. The number of furan rings is 1. The topological polar surface area (TPSA) is 90.2 Å². The van der Waals surface area contributed by atoms with Gasteiger partial charge >= 0.3 is 0 Å². The summed E-state index contributed by atoms with van der Waals surface area (Å²) in [6.07, 6.45) is 1.50. The molecule has 1 aliphatic rings. The summed E-state index contributed by atoms with van der Waals surface area (Å²) >= 11 is 0. The van der Waals surface area contributed by atoms with E-state index in [2.05, 4.69) is 5.32 Å². The maximum absolute atomic E-state index is 13.3. The molecule has 1 aromatic heterocycles. The molecule has 2 amide bonds. The summed E-state index contributed by atoms with van der Waals surface area (Å²) < 4.78 is 21.2. The Morgan fingerprint density at radius 1 is 0.844 bits per heavy atom. The summed E-state index contributed by atoms with van der Waals surface area (Å²) in [4.78, 5) is 27.8. The monoisotopic (exact) mass is 434 g/mol. The van der Waals surface area contributed by atoms with Crippen LogP contribution in [0.3, 0.4) is 0 Å². The van der Waals surface area contributed by atoms with Crippen molar-refractivity contribution >= 4 is 23.1 Å². The molecule has 1 N–H and O–H groups in total. The van der Waals surface area contributed by atoms with Crippen LogP contribution in [0.5, 0.6) is 17.2 Å². The number of amides is 2. The lowest BCUT2D eigenvalue weighted by molar-refractivity contribution is -0.137. The molecule has 164 valence electrons. The molecule has 0 unspecified atom stereocenters. The van der Waals surface area contributed by atoms with E-state index in [4.69, 9.17) is 18.6 Å². The number of carbonyl (C=O) groups excluding carboxylic acids is 2. The molecule has 0 bridgehead atoms. The molecule has 0 saturated heterocycles. The van der Waals surface area contributed by atoms with E-state index in [1.807, 2.05) is 0 Å². The van der Waals surface area contributed by atoms with Crippen molar-refractivity contribution in [3.8, 4) is 17.2 Å². The van der Waals surface area contributed by atoms with Gasteiger partial charge in [0, 0.05) is 23.9 Å². The fraction of sp³-hybridized carbons (Fsp3) is 0.167. The highest BCUT2D eigenvalue weighted by atomic mass is 16.5. The molecule has 32 heavy (non-hydrogen) atoms. The molecule has 8 heteroatoms. The number of methoxy groups -OCH3 is 3. The van der Waals surface area contributed by atoms with Gasteiger partial charge in [0.15, 0.2) is 0 Å². The molecule has 4 rings (SSSR count). The lowest BCUT2D eigenvalue weighted by Crippen LogP contribution is -2.31. The van der Waals surface area contributed by atoms with E-state index in [-0.39, 0.29) is 17.8 Å². The van der Waals surface area contributed by atoms with Gasteiger partial charge in [0.05, 0.1) is 39.7 Å². The van der Waals surface area contributed by atoms with Gasteiger partial charge < -0.3 is 23.9 Å². The predicted octanol–water partition coefficient (Wildman–Crippen LogP) is 3.70. The highest BCUT2D eigenvalue weighted by Crippen LogP contribution is 2.34. The molecule has 3 aromatic rings. The number of imide groups is 1. The van der Waals surface area contributed by atoms with Crippen LogP contribution < -0.4 is 19.5 Å². The summed E-state index contributed by atoms with van der Waals surface area (Å²) in [6.45, 7) is 0.0247. The quantitative estimate of drug-likeness (QED) is 0.541. The fourth-order valence-electron chi connectivity index (χ4n) is 3.44. The van der Waals surface area contributed by atoms with E-state index in [9.17, 15) is 9.59 Å². The third-order valence-electron chi connectivity index (χ3n) is 5.06. The minimum absolute atomic E-state index is 0.0247. The number of ether oxygens (including phenoxy) is 3. The van der Waals surface area contributed by atoms with E-state index in [1.165, 1.54) is 20.5 Å². The molecule has 2 aromatic carbocycles. The highest BCUT2D eigenvalue weighted by molar-refractivity contribution is 6.36. The van der Waals surface area contributed by atoms with Gasteiger partial charge in [0.25, 0.3) is 11.8 Å². The zero-order valence-electron chi connectivity index (χ0n) is 17.9. The summed E-state index contributed by atoms with van der Waals surface area (Å²) in [5, 5.41) is 3.10. The molecule has 0 fully saturated rings. The summed E-state index contributed by atoms with van der Waals surface area (Å²) in [6, 6.07) is 15.5. The normalized spacial score (nSPS) is 13.5. The van der Waals surface area contributed by atoms with Gasteiger partial charge in [-0.2, -0.15) is 0 Å². The van der Waals surface area contributed by atoms with Crippen LogP contribution in [0.2, 0.25) is 0 Å². The largest absolute Gasteiger partial charge is 0.497 e. The Hall–Kier alpha value is -4.20. The second-order valence-corrected chi connectivity index (χ2v) is 6.98. The van der Waals surface area contributed by atoms with Crippen LogP contribution in [-0.2, 0) is 16.1 Å². The van der Waals surface area contributed by atoms with Crippen molar-refractivity contribution in [2.75, 3.05) is 26.6 Å². The third kappa shape index (κ3) is 4.02. The van der Waals surface area contributed by atoms with Crippen molar-refractivity contribution in [3.63, 3.8) is 0 Å². The molecule has 2 heterocycles. The van der Waals surface area contributed by atoms with Gasteiger partial charge in [-0.05, 0) is 29.8 Å². The number of rotatable bonds is 8. The zero-order chi connectivity index (χ0) is 22.7. The maximum atomic E-state index is 13.3. The molecule has 0 saturated carbocycles. The molecule has 1 aliphatic heterocycles. The van der Waals surface area contributed by atoms with Crippen LogP contribution in [0, 0.1) is 0 Å². The van der Waals surface area contributed by atoms with E-state index < -0.39 is 11.8 Å². The van der Waals surface area contributed by atoms with Crippen LogP contribution in [0.15, 0.2) is 71.0 Å². The van der Waals surface area contributed by atoms with Crippen LogP contribution in [0.25, 0.3) is 5.57 Å². The first-order valence-corrected chi connectivity index (χ1v) is 9.81. The van der Waals surface area contributed by atoms with Gasteiger partial charge in [0.2, 0.25) is 0 Å². The van der Waals surface area contributed by atoms with Crippen LogP contribution >= 0.6 is 0 Å². The molecule has 0 radical (unpaired) electrons. The van der Waals surface area contributed by atoms with Gasteiger partial charge in [-0.25, -0.2) is 0 Å². The van der Waals surface area contributed by atoms with Gasteiger partial charge in [-0.15, -0.1) is 0 Å². The van der Waals surface area contributed by atoms with E-state index in [0.29, 0.717) is 34.3 Å². The summed E-state index contributed by atoms with van der Waals surface area (Å²) in [5.41, 5.74) is 1.54. The summed E-state index contributed by atoms with van der Waals surface area (Å²) in [5.74, 6) is 1.36. The first-order valence-electron chi connectivity index (χ1n) is 9.81. The van der Waals surface area contributed by atoms with Gasteiger partial charge in [-0.3, -0.25) is 14.5 Å². The number of hydrogen-bond acceptors (Lipinski definition) is 7. The maximum Gasteiger partial charge on any atom is 0.278 e. The Morgan fingerprint density at radius 2 is 1.50 bits per heavy atom. The van der Waals surface area contributed by atoms with Crippen molar-refractivity contribution in [1.82, 2.24) is 4.90 Å². The minimum atomic E-state index is -0.459. The van der Waals surface area contributed by atoms with Crippen LogP contribution in [0.4, 0.5) is 5.69 Å². The second-order valence-electron chi connectivity index (χ2n) is 6.98. The number of carbonyl (C=O) groups is 2. The lowest BCUT2D eigenvalue weighted by Gasteiger charge is -2.14. The lowest BCUT2D eigenvalue weighted by atomic mass is 10.0. The number of nitrogens with one attached hydrogen (secondary N) is 1. The molecule has 0 aliphatic carbocycles. The molecular weight excluding hydrogens is 412 g/mol. The minimum Gasteiger partial charge on any atom is -0.497 e. The third-order valence-corrected chi connectivity index (χ3v) is 5.06. The van der Waals surface area contributed by atoms with Crippen LogP contribution in [-0.4, -0.2) is 38.0 Å². The Balaban J connectivity index is 1.76. The zero-order valence-corrected chi connectivity index (χ0v) is 17.9. The number of anilines is 1. The number of hydrogen-bond donors (Lipinski definition) is 1. The second kappa shape index (κ2) is 8.89. The molecule has 8 nitrogen and oxygen atoms in total. The predicted molar refractivity (Wildman–Crippen MR) is 117 cm³/mol. The molecule has 0 atom stereocenters. The average Bonchev–Trinajstić information content (AvgIpc) is 3.42. The Kier molecular flexibility index (Phi) is 5.85. The summed E-state index contributed by atoms with van der Waals surface area (Å²) in [7, 11) is 4.64. The van der Waals surface area contributed by atoms with Crippen molar-refractivity contribution in [2.45, 2.75) is 6.54 Å². The van der Waals surface area contributed by atoms with Crippen molar-refractivity contribution in [2.24, 2.45) is 0 Å². The standard InChI is InChI=1S/C24H22N2O6/c1-29-17-8-6-15(7-9-17)21-22(25-16-11-19(30-2)13-20(12-16)31-3)24(28)26(23(21)27)14-18-5-4-10-32-18/h4-13,25H,14H2,1-3H3. The Labute approximate surface area is 185 Å². The van der Waals surface area contributed by atoms with E-state index in [0.717, 1.165) is 4.90 Å². The number of nitrogens with zero attached hydrogens (tertiary/aromatic N) is 1. The van der Waals surface area contributed by atoms with E-state index >= 15 is 0 Å². The fourth-order valence-corrected chi connectivity index (χ4v) is 3.44. The Bertz CT molecular complexity index is 1140.